The monoisotopic (exact) mass is 205 g/mol. The van der Waals surface area contributed by atoms with E-state index in [9.17, 15) is 5.11 Å². The summed E-state index contributed by atoms with van der Waals surface area (Å²) in [5, 5.41) is 17.5. The smallest absolute Gasteiger partial charge is 0.117 e. The summed E-state index contributed by atoms with van der Waals surface area (Å²) < 4.78 is 1.83. The van der Waals surface area contributed by atoms with E-state index in [2.05, 4.69) is 31.1 Å². The molecule has 0 saturated carbocycles. The maximum absolute atomic E-state index is 9.40. The Morgan fingerprint density at radius 1 is 1.33 bits per heavy atom. The number of rotatable bonds is 1. The number of aromatic hydroxyl groups is 1. The van der Waals surface area contributed by atoms with E-state index in [1.165, 1.54) is 0 Å². The third-order valence-electron chi connectivity index (χ3n) is 2.12. The lowest BCUT2D eigenvalue weighted by atomic mass is 9.97. The molecule has 0 unspecified atom stereocenters. The number of hydrogen-bond acceptors (Lipinski definition) is 3. The minimum Gasteiger partial charge on any atom is -0.508 e. The first-order valence-corrected chi connectivity index (χ1v) is 4.98. The Balaban J connectivity index is 2.48. The van der Waals surface area contributed by atoms with Crippen LogP contribution < -0.4 is 0 Å². The van der Waals surface area contributed by atoms with E-state index in [1.807, 2.05) is 4.68 Å². The predicted molar refractivity (Wildman–Crippen MR) is 58.6 cm³/mol. The highest BCUT2D eigenvalue weighted by Crippen LogP contribution is 2.22. The molecule has 80 valence electrons. The number of phenolic OH excluding ortho intramolecular Hbond substituents is 1. The topological polar surface area (TPSA) is 50.9 Å². The highest BCUT2D eigenvalue weighted by molar-refractivity contribution is 5.75. The third-order valence-corrected chi connectivity index (χ3v) is 2.12. The van der Waals surface area contributed by atoms with E-state index in [0.29, 0.717) is 0 Å². The Labute approximate surface area is 88.5 Å². The van der Waals surface area contributed by atoms with Gasteiger partial charge in [-0.15, -0.1) is 5.10 Å². The van der Waals surface area contributed by atoms with Gasteiger partial charge in [0.05, 0.1) is 5.52 Å². The quantitative estimate of drug-likeness (QED) is 0.776. The maximum Gasteiger partial charge on any atom is 0.117 e. The van der Waals surface area contributed by atoms with Gasteiger partial charge in [-0.2, -0.15) is 0 Å². The van der Waals surface area contributed by atoms with Crippen LogP contribution >= 0.6 is 0 Å². The van der Waals surface area contributed by atoms with Crippen molar-refractivity contribution in [3.05, 3.63) is 18.2 Å². The van der Waals surface area contributed by atoms with Gasteiger partial charge in [-0.25, -0.2) is 4.68 Å². The molecule has 4 heteroatoms. The van der Waals surface area contributed by atoms with Crippen molar-refractivity contribution in [1.29, 1.82) is 0 Å². The number of nitrogens with zero attached hydrogens (tertiary/aromatic N) is 3. The second kappa shape index (κ2) is 3.22. The summed E-state index contributed by atoms with van der Waals surface area (Å²) >= 11 is 0. The van der Waals surface area contributed by atoms with Crippen LogP contribution in [0.15, 0.2) is 18.2 Å². The molecule has 0 amide bonds. The molecule has 2 aromatic rings. The van der Waals surface area contributed by atoms with Crippen molar-refractivity contribution < 1.29 is 5.11 Å². The molecular weight excluding hydrogens is 190 g/mol. The standard InChI is InChI=1S/C11H15N3O/c1-11(2,3)7-14-10-6-8(15)4-5-9(10)12-13-14/h4-6,15H,7H2,1-3H3. The fourth-order valence-electron chi connectivity index (χ4n) is 1.52. The van der Waals surface area contributed by atoms with Crippen LogP contribution in [0.4, 0.5) is 0 Å². The molecule has 4 nitrogen and oxygen atoms in total. The fourth-order valence-corrected chi connectivity index (χ4v) is 1.52. The molecule has 0 radical (unpaired) electrons. The van der Waals surface area contributed by atoms with E-state index >= 15 is 0 Å². The number of benzene rings is 1. The van der Waals surface area contributed by atoms with Gasteiger partial charge in [-0.3, -0.25) is 0 Å². The molecule has 0 aliphatic rings. The van der Waals surface area contributed by atoms with Gasteiger partial charge in [0.25, 0.3) is 0 Å². The van der Waals surface area contributed by atoms with E-state index < -0.39 is 0 Å². The molecule has 0 atom stereocenters. The summed E-state index contributed by atoms with van der Waals surface area (Å²) in [6.45, 7) is 7.21. The van der Waals surface area contributed by atoms with Crippen LogP contribution in [0.25, 0.3) is 11.0 Å². The summed E-state index contributed by atoms with van der Waals surface area (Å²) in [6, 6.07) is 5.09. The molecule has 0 saturated heterocycles. The molecule has 0 fully saturated rings. The molecular formula is C11H15N3O. The van der Waals surface area contributed by atoms with Crippen LogP contribution in [-0.4, -0.2) is 20.1 Å². The molecule has 1 aromatic carbocycles. The Kier molecular flexibility index (Phi) is 2.14. The molecule has 2 rings (SSSR count). The lowest BCUT2D eigenvalue weighted by Gasteiger charge is -2.17. The van der Waals surface area contributed by atoms with Crippen molar-refractivity contribution >= 4 is 11.0 Å². The van der Waals surface area contributed by atoms with Gasteiger partial charge in [0, 0.05) is 12.6 Å². The molecule has 0 bridgehead atoms. The normalized spacial score (nSPS) is 12.2. The molecule has 0 aliphatic heterocycles. The van der Waals surface area contributed by atoms with Crippen molar-refractivity contribution in [3.8, 4) is 5.75 Å². The molecule has 1 heterocycles. The zero-order chi connectivity index (χ0) is 11.1. The highest BCUT2D eigenvalue weighted by Gasteiger charge is 2.14. The summed E-state index contributed by atoms with van der Waals surface area (Å²) in [7, 11) is 0. The maximum atomic E-state index is 9.40. The Morgan fingerprint density at radius 2 is 2.07 bits per heavy atom. The minimum atomic E-state index is 0.145. The van der Waals surface area contributed by atoms with Gasteiger partial charge in [0.2, 0.25) is 0 Å². The van der Waals surface area contributed by atoms with Crippen LogP contribution in [0.2, 0.25) is 0 Å². The second-order valence-electron chi connectivity index (χ2n) is 4.98. The first kappa shape index (κ1) is 9.96. The lowest BCUT2D eigenvalue weighted by Crippen LogP contribution is -2.16. The van der Waals surface area contributed by atoms with Crippen molar-refractivity contribution in [2.45, 2.75) is 27.3 Å². The van der Waals surface area contributed by atoms with Crippen LogP contribution in [0.5, 0.6) is 5.75 Å². The fraction of sp³-hybridized carbons (Fsp3) is 0.455. The average molecular weight is 205 g/mol. The Bertz CT molecular complexity index is 482. The summed E-state index contributed by atoms with van der Waals surface area (Å²) in [4.78, 5) is 0. The van der Waals surface area contributed by atoms with Crippen molar-refractivity contribution in [3.63, 3.8) is 0 Å². The first-order chi connectivity index (χ1) is 6.96. The van der Waals surface area contributed by atoms with Crippen LogP contribution in [0.3, 0.4) is 0 Å². The number of aromatic nitrogens is 3. The predicted octanol–water partition coefficient (Wildman–Crippen LogP) is 2.18. The van der Waals surface area contributed by atoms with Gasteiger partial charge in [0.15, 0.2) is 0 Å². The molecule has 1 aromatic heterocycles. The molecule has 0 spiro atoms. The van der Waals surface area contributed by atoms with Crippen molar-refractivity contribution in [2.75, 3.05) is 0 Å². The van der Waals surface area contributed by atoms with Crippen molar-refractivity contribution in [2.24, 2.45) is 5.41 Å². The number of fused-ring (bicyclic) bond motifs is 1. The van der Waals surface area contributed by atoms with Gasteiger partial charge < -0.3 is 5.11 Å². The van der Waals surface area contributed by atoms with Crippen LogP contribution in [-0.2, 0) is 6.54 Å². The SMILES string of the molecule is CC(C)(C)Cn1nnc2ccc(O)cc21. The van der Waals surface area contributed by atoms with Crippen LogP contribution in [0.1, 0.15) is 20.8 Å². The van der Waals surface area contributed by atoms with E-state index in [0.717, 1.165) is 17.6 Å². The second-order valence-corrected chi connectivity index (χ2v) is 4.98. The molecule has 15 heavy (non-hydrogen) atoms. The van der Waals surface area contributed by atoms with Crippen LogP contribution in [0, 0.1) is 5.41 Å². The number of hydrogen-bond donors (Lipinski definition) is 1. The minimum absolute atomic E-state index is 0.145. The summed E-state index contributed by atoms with van der Waals surface area (Å²) in [5.74, 6) is 0.250. The number of phenols is 1. The van der Waals surface area contributed by atoms with Gasteiger partial charge in [-0.1, -0.05) is 26.0 Å². The van der Waals surface area contributed by atoms with Gasteiger partial charge in [0.1, 0.15) is 11.3 Å². The van der Waals surface area contributed by atoms with E-state index in [1.54, 1.807) is 18.2 Å². The van der Waals surface area contributed by atoms with Gasteiger partial charge >= 0.3 is 0 Å². The zero-order valence-corrected chi connectivity index (χ0v) is 9.23. The lowest BCUT2D eigenvalue weighted by molar-refractivity contribution is 0.327. The van der Waals surface area contributed by atoms with Gasteiger partial charge in [-0.05, 0) is 17.5 Å². The zero-order valence-electron chi connectivity index (χ0n) is 9.23. The van der Waals surface area contributed by atoms with Crippen molar-refractivity contribution in [1.82, 2.24) is 15.0 Å². The summed E-state index contributed by atoms with van der Waals surface area (Å²) in [5.41, 5.74) is 1.84. The largest absolute Gasteiger partial charge is 0.508 e. The first-order valence-electron chi connectivity index (χ1n) is 4.98. The molecule has 1 N–H and O–H groups in total. The Hall–Kier alpha value is -1.58. The van der Waals surface area contributed by atoms with E-state index in [4.69, 9.17) is 0 Å². The Morgan fingerprint density at radius 3 is 2.73 bits per heavy atom. The third kappa shape index (κ3) is 2.09. The summed E-state index contributed by atoms with van der Waals surface area (Å²) in [6.07, 6.45) is 0. The van der Waals surface area contributed by atoms with E-state index in [-0.39, 0.29) is 11.2 Å². The average Bonchev–Trinajstić information content (AvgIpc) is 2.46. The molecule has 0 aliphatic carbocycles. The highest BCUT2D eigenvalue weighted by atomic mass is 16.3.